The number of carbonyl (C=O) groups excluding carboxylic acids is 1. The molecule has 108 valence electrons. The molecule has 1 unspecified atom stereocenters. The van der Waals surface area contributed by atoms with Gasteiger partial charge in [-0.3, -0.25) is 0 Å². The minimum Gasteiger partial charge on any atom is -0.461 e. The Balaban J connectivity index is 1.79. The highest BCUT2D eigenvalue weighted by Gasteiger charge is 2.29. The summed E-state index contributed by atoms with van der Waals surface area (Å²) in [7, 11) is 0. The molecule has 3 rings (SSSR count). The Hall–Kier alpha value is -2.56. The Bertz CT molecular complexity index is 661. The molecule has 1 atom stereocenters. The van der Waals surface area contributed by atoms with Crippen molar-refractivity contribution in [2.45, 2.75) is 19.6 Å². The van der Waals surface area contributed by atoms with E-state index in [4.69, 9.17) is 9.57 Å². The Labute approximate surface area is 122 Å². The molecule has 1 aromatic carbocycles. The summed E-state index contributed by atoms with van der Waals surface area (Å²) in [6, 6.07) is 14.0. The molecule has 0 spiro atoms. The van der Waals surface area contributed by atoms with Gasteiger partial charge in [-0.1, -0.05) is 35.5 Å². The average molecular weight is 284 g/mol. The van der Waals surface area contributed by atoms with Gasteiger partial charge in [0.05, 0.1) is 18.7 Å². The SMILES string of the molecule is CCOC(=O)C1=NOC(n2cccc2-c2ccccc2)C1. The molecule has 0 N–H and O–H groups in total. The highest BCUT2D eigenvalue weighted by Crippen LogP contribution is 2.29. The molecule has 2 aromatic rings. The van der Waals surface area contributed by atoms with Crippen molar-refractivity contribution in [3.63, 3.8) is 0 Å². The number of carbonyl (C=O) groups is 1. The summed E-state index contributed by atoms with van der Waals surface area (Å²) in [5.41, 5.74) is 2.45. The van der Waals surface area contributed by atoms with E-state index in [0.29, 0.717) is 18.7 Å². The van der Waals surface area contributed by atoms with Crippen molar-refractivity contribution in [2.24, 2.45) is 5.16 Å². The van der Waals surface area contributed by atoms with E-state index in [2.05, 4.69) is 5.16 Å². The van der Waals surface area contributed by atoms with Crippen LogP contribution in [-0.4, -0.2) is 22.9 Å². The molecule has 21 heavy (non-hydrogen) atoms. The summed E-state index contributed by atoms with van der Waals surface area (Å²) in [4.78, 5) is 17.1. The number of rotatable bonds is 4. The first kappa shape index (κ1) is 13.4. The maximum absolute atomic E-state index is 11.7. The second-order valence-electron chi connectivity index (χ2n) is 4.69. The van der Waals surface area contributed by atoms with Crippen LogP contribution >= 0.6 is 0 Å². The monoisotopic (exact) mass is 284 g/mol. The first-order valence-corrected chi connectivity index (χ1v) is 6.91. The largest absolute Gasteiger partial charge is 0.461 e. The molecule has 0 fully saturated rings. The average Bonchev–Trinajstić information content (AvgIpc) is 3.17. The molecule has 1 aliphatic rings. The summed E-state index contributed by atoms with van der Waals surface area (Å²) in [6.45, 7) is 2.10. The standard InChI is InChI=1S/C16H16N2O3/c1-2-20-16(19)13-11-15(21-17-13)18-10-6-9-14(18)12-7-4-3-5-8-12/h3-10,15H,2,11H2,1H3. The third kappa shape index (κ3) is 2.67. The molecule has 1 aliphatic heterocycles. The summed E-state index contributed by atoms with van der Waals surface area (Å²) in [6.07, 6.45) is 2.03. The third-order valence-corrected chi connectivity index (χ3v) is 3.32. The maximum Gasteiger partial charge on any atom is 0.356 e. The van der Waals surface area contributed by atoms with Crippen LogP contribution in [0.4, 0.5) is 0 Å². The second kappa shape index (κ2) is 5.83. The van der Waals surface area contributed by atoms with Gasteiger partial charge in [0.25, 0.3) is 0 Å². The number of benzene rings is 1. The number of esters is 1. The lowest BCUT2D eigenvalue weighted by Crippen LogP contribution is -2.17. The molecule has 0 saturated heterocycles. The lowest BCUT2D eigenvalue weighted by atomic mass is 10.1. The van der Waals surface area contributed by atoms with Gasteiger partial charge in [0.2, 0.25) is 6.23 Å². The Morgan fingerprint density at radius 1 is 1.33 bits per heavy atom. The quantitative estimate of drug-likeness (QED) is 0.811. The van der Waals surface area contributed by atoms with Crippen LogP contribution in [0.25, 0.3) is 11.3 Å². The van der Waals surface area contributed by atoms with E-state index in [-0.39, 0.29) is 6.23 Å². The Morgan fingerprint density at radius 3 is 2.90 bits per heavy atom. The summed E-state index contributed by atoms with van der Waals surface area (Å²) in [5, 5.41) is 3.85. The molecule has 5 heteroatoms. The van der Waals surface area contributed by atoms with Crippen molar-refractivity contribution in [2.75, 3.05) is 6.61 Å². The van der Waals surface area contributed by atoms with Crippen LogP contribution in [0.1, 0.15) is 19.6 Å². The van der Waals surface area contributed by atoms with E-state index in [1.54, 1.807) is 6.92 Å². The molecule has 2 heterocycles. The van der Waals surface area contributed by atoms with E-state index in [1.807, 2.05) is 53.2 Å². The number of ether oxygens (including phenoxy) is 1. The number of hydrogen-bond acceptors (Lipinski definition) is 4. The van der Waals surface area contributed by atoms with Crippen molar-refractivity contribution >= 4 is 11.7 Å². The molecule has 0 bridgehead atoms. The van der Waals surface area contributed by atoms with Gasteiger partial charge in [-0.25, -0.2) is 4.79 Å². The Kier molecular flexibility index (Phi) is 3.73. The van der Waals surface area contributed by atoms with Gasteiger partial charge in [-0.2, -0.15) is 0 Å². The van der Waals surface area contributed by atoms with Crippen molar-refractivity contribution in [1.82, 2.24) is 4.57 Å². The summed E-state index contributed by atoms with van der Waals surface area (Å²) < 4.78 is 6.92. The lowest BCUT2D eigenvalue weighted by Gasteiger charge is -2.14. The zero-order valence-corrected chi connectivity index (χ0v) is 11.7. The van der Waals surface area contributed by atoms with E-state index < -0.39 is 5.97 Å². The fraction of sp³-hybridized carbons (Fsp3) is 0.250. The van der Waals surface area contributed by atoms with Crippen LogP contribution in [0.5, 0.6) is 0 Å². The van der Waals surface area contributed by atoms with E-state index >= 15 is 0 Å². The van der Waals surface area contributed by atoms with Crippen molar-refractivity contribution < 1.29 is 14.4 Å². The van der Waals surface area contributed by atoms with Crippen LogP contribution in [-0.2, 0) is 14.4 Å². The van der Waals surface area contributed by atoms with Gasteiger partial charge in [-0.15, -0.1) is 0 Å². The third-order valence-electron chi connectivity index (χ3n) is 3.32. The smallest absolute Gasteiger partial charge is 0.356 e. The lowest BCUT2D eigenvalue weighted by molar-refractivity contribution is -0.135. The van der Waals surface area contributed by atoms with Crippen molar-refractivity contribution in [3.05, 3.63) is 48.7 Å². The fourth-order valence-electron chi connectivity index (χ4n) is 2.35. The predicted octanol–water partition coefficient (Wildman–Crippen LogP) is 2.99. The molecule has 0 amide bonds. The first-order valence-electron chi connectivity index (χ1n) is 6.91. The van der Waals surface area contributed by atoms with Gasteiger partial charge in [0.1, 0.15) is 0 Å². The zero-order chi connectivity index (χ0) is 14.7. The van der Waals surface area contributed by atoms with Crippen LogP contribution in [0, 0.1) is 0 Å². The molecular weight excluding hydrogens is 268 g/mol. The summed E-state index contributed by atoms with van der Waals surface area (Å²) >= 11 is 0. The number of aromatic nitrogens is 1. The molecule has 5 nitrogen and oxygen atoms in total. The topological polar surface area (TPSA) is 52.8 Å². The first-order chi connectivity index (χ1) is 10.3. The summed E-state index contributed by atoms with van der Waals surface area (Å²) in [5.74, 6) is -0.409. The normalized spacial score (nSPS) is 17.2. The van der Waals surface area contributed by atoms with Gasteiger partial charge in [-0.05, 0) is 24.6 Å². The van der Waals surface area contributed by atoms with Crippen LogP contribution < -0.4 is 0 Å². The van der Waals surface area contributed by atoms with Crippen molar-refractivity contribution in [3.8, 4) is 11.3 Å². The zero-order valence-electron chi connectivity index (χ0n) is 11.7. The number of oxime groups is 1. The highest BCUT2D eigenvalue weighted by molar-refractivity contribution is 6.36. The van der Waals surface area contributed by atoms with Crippen LogP contribution in [0.2, 0.25) is 0 Å². The van der Waals surface area contributed by atoms with Gasteiger partial charge in [0, 0.05) is 6.20 Å². The highest BCUT2D eigenvalue weighted by atomic mass is 16.7. The van der Waals surface area contributed by atoms with Gasteiger partial charge >= 0.3 is 5.97 Å². The fourth-order valence-corrected chi connectivity index (χ4v) is 2.35. The molecule has 0 saturated carbocycles. The van der Waals surface area contributed by atoms with E-state index in [9.17, 15) is 4.79 Å². The molecule has 0 aliphatic carbocycles. The molecule has 0 radical (unpaired) electrons. The minimum absolute atomic E-state index is 0.311. The molecule has 1 aromatic heterocycles. The predicted molar refractivity (Wildman–Crippen MR) is 78.7 cm³/mol. The minimum atomic E-state index is -0.409. The van der Waals surface area contributed by atoms with E-state index in [0.717, 1.165) is 11.3 Å². The number of nitrogens with zero attached hydrogens (tertiary/aromatic N) is 2. The van der Waals surface area contributed by atoms with E-state index in [1.165, 1.54) is 0 Å². The van der Waals surface area contributed by atoms with Crippen LogP contribution in [0.3, 0.4) is 0 Å². The van der Waals surface area contributed by atoms with Gasteiger partial charge < -0.3 is 14.1 Å². The van der Waals surface area contributed by atoms with Crippen LogP contribution in [0.15, 0.2) is 53.8 Å². The molecular formula is C16H16N2O3. The Morgan fingerprint density at radius 2 is 2.14 bits per heavy atom. The van der Waals surface area contributed by atoms with Crippen molar-refractivity contribution in [1.29, 1.82) is 0 Å². The van der Waals surface area contributed by atoms with Gasteiger partial charge in [0.15, 0.2) is 5.71 Å². The number of hydrogen-bond donors (Lipinski definition) is 0. The maximum atomic E-state index is 11.7. The second-order valence-corrected chi connectivity index (χ2v) is 4.69.